The summed E-state index contributed by atoms with van der Waals surface area (Å²) in [7, 11) is 0. The topological polar surface area (TPSA) is 38.5 Å². The third-order valence-corrected chi connectivity index (χ3v) is 3.70. The molecule has 0 aromatic rings. The molecule has 0 aromatic heterocycles. The first-order valence-corrected chi connectivity index (χ1v) is 6.42. The molecule has 2 N–H and O–H groups in total. The molecule has 15 heavy (non-hydrogen) atoms. The molecule has 2 rings (SSSR count). The van der Waals surface area contributed by atoms with Crippen molar-refractivity contribution in [3.8, 4) is 0 Å². The standard InChI is InChI=1S/C12H24N2O/c13-6-5-12-4-2-1-3-7-14(12)8-11-9-15-10-11/h11-12H,1-10,13H2. The number of ether oxygens (including phenoxy) is 1. The molecule has 3 nitrogen and oxygen atoms in total. The number of hydrogen-bond acceptors (Lipinski definition) is 3. The summed E-state index contributed by atoms with van der Waals surface area (Å²) in [5, 5.41) is 0. The molecule has 0 amide bonds. The van der Waals surface area contributed by atoms with Crippen molar-refractivity contribution >= 4 is 0 Å². The van der Waals surface area contributed by atoms with E-state index in [4.69, 9.17) is 10.5 Å². The second-order valence-corrected chi connectivity index (χ2v) is 4.98. The highest BCUT2D eigenvalue weighted by Gasteiger charge is 2.26. The van der Waals surface area contributed by atoms with Gasteiger partial charge >= 0.3 is 0 Å². The van der Waals surface area contributed by atoms with Crippen molar-refractivity contribution in [1.29, 1.82) is 0 Å². The van der Waals surface area contributed by atoms with Crippen LogP contribution in [0.25, 0.3) is 0 Å². The van der Waals surface area contributed by atoms with Gasteiger partial charge in [-0.25, -0.2) is 0 Å². The minimum Gasteiger partial charge on any atom is -0.381 e. The maximum absolute atomic E-state index is 5.70. The highest BCUT2D eigenvalue weighted by Crippen LogP contribution is 2.22. The molecule has 2 saturated heterocycles. The summed E-state index contributed by atoms with van der Waals surface area (Å²) >= 11 is 0. The molecule has 2 heterocycles. The predicted octanol–water partition coefficient (Wildman–Crippen LogP) is 1.23. The molecule has 1 atom stereocenters. The predicted molar refractivity (Wildman–Crippen MR) is 61.8 cm³/mol. The molecule has 3 heteroatoms. The summed E-state index contributed by atoms with van der Waals surface area (Å²) in [6.45, 7) is 5.31. The summed E-state index contributed by atoms with van der Waals surface area (Å²) in [6, 6.07) is 0.748. The third kappa shape index (κ3) is 3.16. The van der Waals surface area contributed by atoms with Crippen LogP contribution in [-0.2, 0) is 4.74 Å². The van der Waals surface area contributed by atoms with E-state index >= 15 is 0 Å². The fraction of sp³-hybridized carbons (Fsp3) is 1.00. The SMILES string of the molecule is NCCC1CCCCCN1CC1COC1. The van der Waals surface area contributed by atoms with E-state index in [0.29, 0.717) is 0 Å². The third-order valence-electron chi connectivity index (χ3n) is 3.70. The number of likely N-dealkylation sites (tertiary alicyclic amines) is 1. The van der Waals surface area contributed by atoms with Crippen LogP contribution in [0.1, 0.15) is 32.1 Å². The lowest BCUT2D eigenvalue weighted by Gasteiger charge is -2.36. The normalized spacial score (nSPS) is 29.8. The van der Waals surface area contributed by atoms with E-state index in [0.717, 1.165) is 31.7 Å². The van der Waals surface area contributed by atoms with Crippen molar-refractivity contribution < 1.29 is 4.74 Å². The molecule has 0 spiro atoms. The van der Waals surface area contributed by atoms with Crippen molar-refractivity contribution in [2.45, 2.75) is 38.1 Å². The van der Waals surface area contributed by atoms with Gasteiger partial charge in [-0.3, -0.25) is 4.90 Å². The van der Waals surface area contributed by atoms with E-state index in [2.05, 4.69) is 4.90 Å². The lowest BCUT2D eigenvalue weighted by atomic mass is 10.0. The van der Waals surface area contributed by atoms with Crippen LogP contribution in [0.15, 0.2) is 0 Å². The van der Waals surface area contributed by atoms with E-state index in [-0.39, 0.29) is 0 Å². The fourth-order valence-corrected chi connectivity index (χ4v) is 2.72. The van der Waals surface area contributed by atoms with Crippen molar-refractivity contribution in [2.75, 3.05) is 32.8 Å². The Labute approximate surface area is 93.0 Å². The molecular weight excluding hydrogens is 188 g/mol. The van der Waals surface area contributed by atoms with Gasteiger partial charge < -0.3 is 10.5 Å². The van der Waals surface area contributed by atoms with Crippen molar-refractivity contribution in [2.24, 2.45) is 11.7 Å². The van der Waals surface area contributed by atoms with Gasteiger partial charge in [-0.2, -0.15) is 0 Å². The fourth-order valence-electron chi connectivity index (χ4n) is 2.72. The molecule has 0 saturated carbocycles. The number of nitrogens with two attached hydrogens (primary N) is 1. The summed E-state index contributed by atoms with van der Waals surface area (Å²) in [4.78, 5) is 2.67. The second-order valence-electron chi connectivity index (χ2n) is 4.98. The molecule has 0 radical (unpaired) electrons. The summed E-state index contributed by atoms with van der Waals surface area (Å²) in [6.07, 6.45) is 6.69. The molecule has 0 aromatic carbocycles. The van der Waals surface area contributed by atoms with Gasteiger partial charge in [0.1, 0.15) is 0 Å². The van der Waals surface area contributed by atoms with E-state index < -0.39 is 0 Å². The monoisotopic (exact) mass is 212 g/mol. The van der Waals surface area contributed by atoms with Crippen LogP contribution >= 0.6 is 0 Å². The van der Waals surface area contributed by atoms with Gasteiger partial charge in [0.15, 0.2) is 0 Å². The Morgan fingerprint density at radius 1 is 1.20 bits per heavy atom. The molecule has 2 aliphatic rings. The Kier molecular flexibility index (Phi) is 4.42. The first kappa shape index (κ1) is 11.4. The average molecular weight is 212 g/mol. The maximum atomic E-state index is 5.70. The summed E-state index contributed by atoms with van der Waals surface area (Å²) in [5.74, 6) is 0.795. The van der Waals surface area contributed by atoms with Crippen LogP contribution in [-0.4, -0.2) is 43.8 Å². The zero-order valence-electron chi connectivity index (χ0n) is 9.66. The number of rotatable bonds is 4. The molecular formula is C12H24N2O. The zero-order chi connectivity index (χ0) is 10.5. The minimum atomic E-state index is 0.748. The molecule has 1 unspecified atom stereocenters. The van der Waals surface area contributed by atoms with Crippen LogP contribution in [0.3, 0.4) is 0 Å². The molecule has 0 bridgehead atoms. The number of nitrogens with zero attached hydrogens (tertiary/aromatic N) is 1. The highest BCUT2D eigenvalue weighted by atomic mass is 16.5. The van der Waals surface area contributed by atoms with Crippen LogP contribution in [0.4, 0.5) is 0 Å². The maximum Gasteiger partial charge on any atom is 0.0528 e. The van der Waals surface area contributed by atoms with Crippen LogP contribution in [0.2, 0.25) is 0 Å². The van der Waals surface area contributed by atoms with Gasteiger partial charge in [-0.05, 0) is 32.4 Å². The van der Waals surface area contributed by atoms with E-state index in [1.807, 2.05) is 0 Å². The number of hydrogen-bond donors (Lipinski definition) is 1. The molecule has 2 fully saturated rings. The molecule has 88 valence electrons. The zero-order valence-corrected chi connectivity index (χ0v) is 9.66. The molecule has 2 aliphatic heterocycles. The van der Waals surface area contributed by atoms with Crippen molar-refractivity contribution in [1.82, 2.24) is 4.90 Å². The van der Waals surface area contributed by atoms with Gasteiger partial charge in [0.25, 0.3) is 0 Å². The van der Waals surface area contributed by atoms with E-state index in [1.165, 1.54) is 45.2 Å². The van der Waals surface area contributed by atoms with Gasteiger partial charge in [-0.1, -0.05) is 12.8 Å². The highest BCUT2D eigenvalue weighted by molar-refractivity contribution is 4.79. The Balaban J connectivity index is 1.83. The Morgan fingerprint density at radius 2 is 2.07 bits per heavy atom. The lowest BCUT2D eigenvalue weighted by molar-refractivity contribution is -0.0515. The van der Waals surface area contributed by atoms with Gasteiger partial charge in [0.2, 0.25) is 0 Å². The lowest BCUT2D eigenvalue weighted by Crippen LogP contribution is -2.44. The first-order chi connectivity index (χ1) is 7.40. The second kappa shape index (κ2) is 5.83. The van der Waals surface area contributed by atoms with Crippen molar-refractivity contribution in [3.05, 3.63) is 0 Å². The summed E-state index contributed by atoms with van der Waals surface area (Å²) < 4.78 is 5.25. The Morgan fingerprint density at radius 3 is 2.73 bits per heavy atom. The van der Waals surface area contributed by atoms with Crippen LogP contribution in [0.5, 0.6) is 0 Å². The van der Waals surface area contributed by atoms with Gasteiger partial charge in [0.05, 0.1) is 13.2 Å². The van der Waals surface area contributed by atoms with Crippen LogP contribution in [0, 0.1) is 5.92 Å². The Hall–Kier alpha value is -0.120. The smallest absolute Gasteiger partial charge is 0.0528 e. The largest absolute Gasteiger partial charge is 0.381 e. The van der Waals surface area contributed by atoms with Crippen molar-refractivity contribution in [3.63, 3.8) is 0 Å². The van der Waals surface area contributed by atoms with E-state index in [1.54, 1.807) is 0 Å². The average Bonchev–Trinajstić information content (AvgIpc) is 2.38. The Bertz CT molecular complexity index is 182. The van der Waals surface area contributed by atoms with Crippen LogP contribution < -0.4 is 5.73 Å². The van der Waals surface area contributed by atoms with Gasteiger partial charge in [-0.15, -0.1) is 0 Å². The molecule has 0 aliphatic carbocycles. The minimum absolute atomic E-state index is 0.748. The van der Waals surface area contributed by atoms with E-state index in [9.17, 15) is 0 Å². The quantitative estimate of drug-likeness (QED) is 0.761. The first-order valence-electron chi connectivity index (χ1n) is 6.42. The summed E-state index contributed by atoms with van der Waals surface area (Å²) in [5.41, 5.74) is 5.70. The van der Waals surface area contributed by atoms with Gasteiger partial charge in [0, 0.05) is 18.5 Å².